The Morgan fingerprint density at radius 3 is 2.60 bits per heavy atom. The number of sulfonamides is 1. The Morgan fingerprint density at radius 1 is 1.40 bits per heavy atom. The predicted octanol–water partition coefficient (Wildman–Crippen LogP) is 1.52. The van der Waals surface area contributed by atoms with Gasteiger partial charge in [0.2, 0.25) is 15.9 Å². The fourth-order valence-electron chi connectivity index (χ4n) is 2.43. The Balaban J connectivity index is 2.30. The van der Waals surface area contributed by atoms with Gasteiger partial charge in [-0.15, -0.1) is 0 Å². The molecule has 0 saturated carbocycles. The van der Waals surface area contributed by atoms with E-state index in [-0.39, 0.29) is 17.9 Å². The van der Waals surface area contributed by atoms with Crippen LogP contribution in [0.2, 0.25) is 0 Å². The van der Waals surface area contributed by atoms with Gasteiger partial charge in [0, 0.05) is 25.0 Å². The van der Waals surface area contributed by atoms with Gasteiger partial charge in [0.1, 0.15) is 0 Å². The van der Waals surface area contributed by atoms with E-state index in [1.807, 2.05) is 13.8 Å². The minimum absolute atomic E-state index is 0.0517. The van der Waals surface area contributed by atoms with E-state index in [0.29, 0.717) is 19.5 Å². The predicted molar refractivity (Wildman–Crippen MR) is 80.8 cm³/mol. The number of nitrogens with one attached hydrogen (secondary N) is 1. The Bertz CT molecular complexity index is 443. The van der Waals surface area contributed by atoms with E-state index in [2.05, 4.69) is 17.5 Å². The van der Waals surface area contributed by atoms with Crippen molar-refractivity contribution >= 4 is 15.9 Å². The van der Waals surface area contributed by atoms with Crippen LogP contribution >= 0.6 is 0 Å². The minimum atomic E-state index is -3.17. The van der Waals surface area contributed by atoms with Gasteiger partial charge in [-0.25, -0.2) is 8.42 Å². The zero-order valence-corrected chi connectivity index (χ0v) is 13.4. The summed E-state index contributed by atoms with van der Waals surface area (Å²) in [5.41, 5.74) is 0. The molecule has 1 aliphatic carbocycles. The number of carbonyl (C=O) groups excluding carboxylic acids is 1. The second-order valence-electron chi connectivity index (χ2n) is 5.59. The first-order chi connectivity index (χ1) is 9.32. The molecule has 0 radical (unpaired) electrons. The molecule has 1 unspecified atom stereocenters. The topological polar surface area (TPSA) is 66.5 Å². The first-order valence-electron chi connectivity index (χ1n) is 7.22. The molecule has 0 aliphatic heterocycles. The lowest BCUT2D eigenvalue weighted by Crippen LogP contribution is -2.39. The zero-order valence-electron chi connectivity index (χ0n) is 12.6. The summed E-state index contributed by atoms with van der Waals surface area (Å²) < 4.78 is 24.6. The van der Waals surface area contributed by atoms with E-state index in [1.54, 1.807) is 0 Å². The highest BCUT2D eigenvalue weighted by atomic mass is 32.2. The molecule has 0 saturated heterocycles. The van der Waals surface area contributed by atoms with E-state index >= 15 is 0 Å². The smallest absolute Gasteiger partial charge is 0.223 e. The summed E-state index contributed by atoms with van der Waals surface area (Å²) in [7, 11) is -3.17. The molecule has 0 aromatic heterocycles. The van der Waals surface area contributed by atoms with Crippen molar-refractivity contribution in [2.45, 2.75) is 45.6 Å². The van der Waals surface area contributed by atoms with E-state index in [1.165, 1.54) is 10.6 Å². The number of amides is 1. The highest BCUT2D eigenvalue weighted by Gasteiger charge is 2.20. The molecule has 1 atom stereocenters. The van der Waals surface area contributed by atoms with Gasteiger partial charge >= 0.3 is 0 Å². The molecule has 1 rings (SSSR count). The average Bonchev–Trinajstić information content (AvgIpc) is 2.37. The molecule has 0 aromatic rings. The molecule has 1 N–H and O–H groups in total. The van der Waals surface area contributed by atoms with Crippen LogP contribution in [-0.4, -0.2) is 44.0 Å². The molecule has 0 fully saturated rings. The molecule has 1 amide bonds. The van der Waals surface area contributed by atoms with Crippen LogP contribution in [0, 0.1) is 5.92 Å². The maximum atomic E-state index is 11.9. The Morgan fingerprint density at radius 2 is 2.10 bits per heavy atom. The van der Waals surface area contributed by atoms with Gasteiger partial charge in [-0.2, -0.15) is 4.31 Å². The molecule has 20 heavy (non-hydrogen) atoms. The van der Waals surface area contributed by atoms with Crippen LogP contribution in [0.4, 0.5) is 0 Å². The van der Waals surface area contributed by atoms with E-state index in [4.69, 9.17) is 0 Å². The normalized spacial score (nSPS) is 19.6. The number of allylic oxidation sites excluding steroid dienone is 2. The van der Waals surface area contributed by atoms with Crippen molar-refractivity contribution < 1.29 is 13.2 Å². The quantitative estimate of drug-likeness (QED) is 0.573. The molecular formula is C14H26N2O3S. The van der Waals surface area contributed by atoms with Crippen LogP contribution in [0.1, 0.15) is 39.5 Å². The maximum Gasteiger partial charge on any atom is 0.223 e. The summed E-state index contributed by atoms with van der Waals surface area (Å²) in [5, 5.41) is 2.90. The van der Waals surface area contributed by atoms with Gasteiger partial charge in [-0.05, 0) is 39.5 Å². The van der Waals surface area contributed by atoms with E-state index < -0.39 is 10.0 Å². The Kier molecular flexibility index (Phi) is 6.68. The highest BCUT2D eigenvalue weighted by Crippen LogP contribution is 2.17. The number of hydrogen-bond acceptors (Lipinski definition) is 3. The van der Waals surface area contributed by atoms with E-state index in [0.717, 1.165) is 19.3 Å². The Labute approximate surface area is 122 Å². The summed E-state index contributed by atoms with van der Waals surface area (Å²) in [6.07, 6.45) is 8.71. The van der Waals surface area contributed by atoms with Crippen LogP contribution in [0.3, 0.4) is 0 Å². The molecule has 116 valence electrons. The van der Waals surface area contributed by atoms with Crippen LogP contribution < -0.4 is 5.32 Å². The first kappa shape index (κ1) is 17.2. The fraction of sp³-hybridized carbons (Fsp3) is 0.786. The molecular weight excluding hydrogens is 276 g/mol. The van der Waals surface area contributed by atoms with Crippen molar-refractivity contribution in [2.75, 3.05) is 19.3 Å². The second-order valence-corrected chi connectivity index (χ2v) is 7.53. The summed E-state index contributed by atoms with van der Waals surface area (Å²) in [6.45, 7) is 4.68. The van der Waals surface area contributed by atoms with Crippen molar-refractivity contribution in [1.29, 1.82) is 0 Å². The van der Waals surface area contributed by atoms with Crippen LogP contribution in [-0.2, 0) is 14.8 Å². The number of rotatable bonds is 7. The van der Waals surface area contributed by atoms with Crippen molar-refractivity contribution in [2.24, 2.45) is 5.92 Å². The lowest BCUT2D eigenvalue weighted by molar-refractivity contribution is -0.125. The monoisotopic (exact) mass is 302 g/mol. The molecule has 0 heterocycles. The molecule has 1 aliphatic rings. The van der Waals surface area contributed by atoms with Crippen LogP contribution in [0.25, 0.3) is 0 Å². The lowest BCUT2D eigenvalue weighted by Gasteiger charge is -2.24. The van der Waals surface area contributed by atoms with Crippen LogP contribution in [0.5, 0.6) is 0 Å². The van der Waals surface area contributed by atoms with Crippen molar-refractivity contribution in [3.8, 4) is 0 Å². The van der Waals surface area contributed by atoms with Crippen molar-refractivity contribution in [1.82, 2.24) is 9.62 Å². The molecule has 6 heteroatoms. The number of nitrogens with zero attached hydrogens (tertiary/aromatic N) is 1. The van der Waals surface area contributed by atoms with Gasteiger partial charge in [0.05, 0.1) is 6.26 Å². The largest absolute Gasteiger partial charge is 0.356 e. The fourth-order valence-corrected chi connectivity index (χ4v) is 3.66. The summed E-state index contributed by atoms with van der Waals surface area (Å²) >= 11 is 0. The highest BCUT2D eigenvalue weighted by molar-refractivity contribution is 7.88. The van der Waals surface area contributed by atoms with Crippen molar-refractivity contribution in [3.05, 3.63) is 12.2 Å². The zero-order chi connectivity index (χ0) is 15.2. The van der Waals surface area contributed by atoms with Crippen LogP contribution in [0.15, 0.2) is 12.2 Å². The third kappa shape index (κ3) is 5.63. The Hall–Kier alpha value is -0.880. The number of hydrogen-bond donors (Lipinski definition) is 1. The van der Waals surface area contributed by atoms with Gasteiger partial charge in [-0.1, -0.05) is 12.2 Å². The van der Waals surface area contributed by atoms with Gasteiger partial charge in [0.15, 0.2) is 0 Å². The second kappa shape index (κ2) is 7.78. The molecule has 5 nitrogen and oxygen atoms in total. The minimum Gasteiger partial charge on any atom is -0.356 e. The van der Waals surface area contributed by atoms with Gasteiger partial charge < -0.3 is 5.32 Å². The third-order valence-corrected chi connectivity index (χ3v) is 4.95. The first-order valence-corrected chi connectivity index (χ1v) is 9.06. The maximum absolute atomic E-state index is 11.9. The SMILES string of the molecule is CC(C)N(CCCNC(=O)C1CC=CCC1)S(C)(=O)=O. The molecule has 0 aromatic carbocycles. The average molecular weight is 302 g/mol. The van der Waals surface area contributed by atoms with Gasteiger partial charge in [-0.3, -0.25) is 4.79 Å². The van der Waals surface area contributed by atoms with Gasteiger partial charge in [0.25, 0.3) is 0 Å². The lowest BCUT2D eigenvalue weighted by atomic mass is 9.94. The third-order valence-electron chi connectivity index (χ3n) is 3.50. The summed E-state index contributed by atoms with van der Waals surface area (Å²) in [4.78, 5) is 11.9. The van der Waals surface area contributed by atoms with Crippen molar-refractivity contribution in [3.63, 3.8) is 0 Å². The number of carbonyl (C=O) groups is 1. The molecule has 0 spiro atoms. The summed E-state index contributed by atoms with van der Waals surface area (Å²) in [6, 6.07) is -0.0517. The van der Waals surface area contributed by atoms with E-state index in [9.17, 15) is 13.2 Å². The molecule has 0 bridgehead atoms. The standard InChI is InChI=1S/C14H26N2O3S/c1-12(2)16(20(3,18)19)11-7-10-15-14(17)13-8-5-4-6-9-13/h4-5,12-13H,6-11H2,1-3H3,(H,15,17). The summed E-state index contributed by atoms with van der Waals surface area (Å²) in [5.74, 6) is 0.168.